The molecular formula is C13H19O. The highest BCUT2D eigenvalue weighted by Crippen LogP contribution is 2.09. The Morgan fingerprint density at radius 2 is 2.00 bits per heavy atom. The Kier molecular flexibility index (Phi) is 5.31. The molecule has 0 N–H and O–H groups in total. The smallest absolute Gasteiger partial charge is 0.0720 e. The van der Waals surface area contributed by atoms with Crippen LogP contribution in [0.15, 0.2) is 30.3 Å². The van der Waals surface area contributed by atoms with Gasteiger partial charge in [0, 0.05) is 0 Å². The highest BCUT2D eigenvalue weighted by molar-refractivity contribution is 5.13. The van der Waals surface area contributed by atoms with Crippen LogP contribution in [-0.4, -0.2) is 6.10 Å². The van der Waals surface area contributed by atoms with Crippen LogP contribution in [0.5, 0.6) is 0 Å². The van der Waals surface area contributed by atoms with Gasteiger partial charge in [0.15, 0.2) is 0 Å². The van der Waals surface area contributed by atoms with Gasteiger partial charge in [0.2, 0.25) is 0 Å². The van der Waals surface area contributed by atoms with E-state index in [-0.39, 0.29) is 0 Å². The zero-order valence-corrected chi connectivity index (χ0v) is 8.91. The SMILES string of the molecule is [CH2]CCC(CC)OCc1ccccc1. The van der Waals surface area contributed by atoms with Gasteiger partial charge in [-0.2, -0.15) is 0 Å². The average Bonchev–Trinajstić information content (AvgIpc) is 2.25. The van der Waals surface area contributed by atoms with Gasteiger partial charge in [-0.15, -0.1) is 0 Å². The van der Waals surface area contributed by atoms with Crippen LogP contribution in [0.2, 0.25) is 0 Å². The third kappa shape index (κ3) is 3.93. The summed E-state index contributed by atoms with van der Waals surface area (Å²) in [6.45, 7) is 6.73. The molecule has 0 saturated heterocycles. The fourth-order valence-electron chi connectivity index (χ4n) is 1.42. The minimum atomic E-state index is 0.368. The van der Waals surface area contributed by atoms with Gasteiger partial charge >= 0.3 is 0 Å². The Labute approximate surface area is 87.1 Å². The lowest BCUT2D eigenvalue weighted by atomic mass is 10.1. The molecule has 1 aromatic rings. The predicted molar refractivity (Wildman–Crippen MR) is 59.9 cm³/mol. The summed E-state index contributed by atoms with van der Waals surface area (Å²) in [6.07, 6.45) is 3.45. The molecule has 1 rings (SSSR count). The zero-order valence-electron chi connectivity index (χ0n) is 8.91. The first-order valence-corrected chi connectivity index (χ1v) is 5.31. The van der Waals surface area contributed by atoms with Crippen LogP contribution in [0, 0.1) is 6.92 Å². The highest BCUT2D eigenvalue weighted by Gasteiger charge is 2.04. The van der Waals surface area contributed by atoms with Crippen LogP contribution >= 0.6 is 0 Å². The molecule has 0 heterocycles. The molecule has 0 bridgehead atoms. The maximum absolute atomic E-state index is 5.78. The number of benzene rings is 1. The number of hydrogen-bond donors (Lipinski definition) is 0. The Bertz CT molecular complexity index is 230. The van der Waals surface area contributed by atoms with Crippen molar-refractivity contribution in [3.8, 4) is 0 Å². The fraction of sp³-hybridized carbons (Fsp3) is 0.462. The van der Waals surface area contributed by atoms with Crippen LogP contribution in [0.1, 0.15) is 31.7 Å². The van der Waals surface area contributed by atoms with Crippen molar-refractivity contribution in [1.82, 2.24) is 0 Å². The van der Waals surface area contributed by atoms with Crippen LogP contribution < -0.4 is 0 Å². The predicted octanol–water partition coefficient (Wildman–Crippen LogP) is 3.60. The molecular weight excluding hydrogens is 172 g/mol. The van der Waals surface area contributed by atoms with E-state index in [1.807, 2.05) is 18.2 Å². The first-order valence-electron chi connectivity index (χ1n) is 5.31. The maximum Gasteiger partial charge on any atom is 0.0720 e. The van der Waals surface area contributed by atoms with Crippen molar-refractivity contribution in [1.29, 1.82) is 0 Å². The second kappa shape index (κ2) is 6.61. The molecule has 0 aliphatic carbocycles. The summed E-state index contributed by atoms with van der Waals surface area (Å²) < 4.78 is 5.78. The Hall–Kier alpha value is -0.820. The van der Waals surface area contributed by atoms with Gasteiger partial charge < -0.3 is 4.74 Å². The standard InChI is InChI=1S/C13H19O/c1-3-8-13(4-2)14-11-12-9-6-5-7-10-12/h5-7,9-10,13H,1,3-4,8,11H2,2H3. The fourth-order valence-corrected chi connectivity index (χ4v) is 1.42. The summed E-state index contributed by atoms with van der Waals surface area (Å²) in [5, 5.41) is 0. The van der Waals surface area contributed by atoms with Crippen LogP contribution in [0.25, 0.3) is 0 Å². The first kappa shape index (κ1) is 11.3. The minimum Gasteiger partial charge on any atom is -0.374 e. The van der Waals surface area contributed by atoms with Gasteiger partial charge in [-0.05, 0) is 18.4 Å². The van der Waals surface area contributed by atoms with Crippen LogP contribution in [-0.2, 0) is 11.3 Å². The van der Waals surface area contributed by atoms with Gasteiger partial charge in [0.25, 0.3) is 0 Å². The molecule has 1 aromatic carbocycles. The molecule has 1 heteroatoms. The van der Waals surface area contributed by atoms with Crippen molar-refractivity contribution in [3.05, 3.63) is 42.8 Å². The summed E-state index contributed by atoms with van der Waals surface area (Å²) in [4.78, 5) is 0. The van der Waals surface area contributed by atoms with E-state index in [1.54, 1.807) is 0 Å². The van der Waals surface area contributed by atoms with Crippen molar-refractivity contribution in [3.63, 3.8) is 0 Å². The highest BCUT2D eigenvalue weighted by atomic mass is 16.5. The number of hydrogen-bond acceptors (Lipinski definition) is 1. The Morgan fingerprint density at radius 1 is 1.29 bits per heavy atom. The molecule has 0 aromatic heterocycles. The summed E-state index contributed by atoms with van der Waals surface area (Å²) in [6, 6.07) is 10.3. The van der Waals surface area contributed by atoms with Gasteiger partial charge in [-0.25, -0.2) is 0 Å². The lowest BCUT2D eigenvalue weighted by Crippen LogP contribution is -2.10. The molecule has 0 saturated carbocycles. The molecule has 14 heavy (non-hydrogen) atoms. The summed E-state index contributed by atoms with van der Waals surface area (Å²) in [5.41, 5.74) is 1.25. The van der Waals surface area contributed by atoms with Crippen molar-refractivity contribution < 1.29 is 4.74 Å². The largest absolute Gasteiger partial charge is 0.374 e. The maximum atomic E-state index is 5.78. The number of rotatable bonds is 6. The van der Waals surface area contributed by atoms with Crippen molar-refractivity contribution in [2.24, 2.45) is 0 Å². The van der Waals surface area contributed by atoms with Gasteiger partial charge in [-0.1, -0.05) is 50.6 Å². The van der Waals surface area contributed by atoms with E-state index in [9.17, 15) is 0 Å². The molecule has 1 radical (unpaired) electrons. The van der Waals surface area contributed by atoms with E-state index in [4.69, 9.17) is 4.74 Å². The lowest BCUT2D eigenvalue weighted by Gasteiger charge is -2.14. The Morgan fingerprint density at radius 3 is 2.57 bits per heavy atom. The summed E-state index contributed by atoms with van der Waals surface area (Å²) >= 11 is 0. The third-order valence-electron chi connectivity index (χ3n) is 2.31. The van der Waals surface area contributed by atoms with E-state index in [2.05, 4.69) is 26.0 Å². The van der Waals surface area contributed by atoms with E-state index in [0.29, 0.717) is 6.10 Å². The van der Waals surface area contributed by atoms with Gasteiger partial charge in [-0.3, -0.25) is 0 Å². The van der Waals surface area contributed by atoms with Crippen molar-refractivity contribution in [2.75, 3.05) is 0 Å². The monoisotopic (exact) mass is 191 g/mol. The minimum absolute atomic E-state index is 0.368. The van der Waals surface area contributed by atoms with Crippen molar-refractivity contribution in [2.45, 2.75) is 38.9 Å². The summed E-state index contributed by atoms with van der Waals surface area (Å²) in [7, 11) is 0. The normalized spacial score (nSPS) is 12.7. The molecule has 1 atom stereocenters. The molecule has 0 amide bonds. The van der Waals surface area contributed by atoms with Gasteiger partial charge in [0.05, 0.1) is 12.7 Å². The van der Waals surface area contributed by atoms with E-state index < -0.39 is 0 Å². The number of ether oxygens (including phenoxy) is 1. The van der Waals surface area contributed by atoms with Crippen LogP contribution in [0.4, 0.5) is 0 Å². The molecule has 77 valence electrons. The molecule has 0 aliphatic rings. The lowest BCUT2D eigenvalue weighted by molar-refractivity contribution is 0.0332. The zero-order chi connectivity index (χ0) is 10.2. The average molecular weight is 191 g/mol. The Balaban J connectivity index is 2.32. The van der Waals surface area contributed by atoms with Crippen molar-refractivity contribution >= 4 is 0 Å². The second-order valence-electron chi connectivity index (χ2n) is 3.47. The molecule has 0 spiro atoms. The first-order chi connectivity index (χ1) is 6.86. The van der Waals surface area contributed by atoms with E-state index >= 15 is 0 Å². The quantitative estimate of drug-likeness (QED) is 0.667. The van der Waals surface area contributed by atoms with E-state index in [1.165, 1.54) is 5.56 Å². The van der Waals surface area contributed by atoms with Crippen LogP contribution in [0.3, 0.4) is 0 Å². The molecule has 1 nitrogen and oxygen atoms in total. The second-order valence-corrected chi connectivity index (χ2v) is 3.47. The molecule has 0 fully saturated rings. The van der Waals surface area contributed by atoms with E-state index in [0.717, 1.165) is 25.9 Å². The third-order valence-corrected chi connectivity index (χ3v) is 2.31. The summed E-state index contributed by atoms with van der Waals surface area (Å²) in [5.74, 6) is 0. The topological polar surface area (TPSA) is 9.23 Å². The van der Waals surface area contributed by atoms with Gasteiger partial charge in [0.1, 0.15) is 0 Å². The molecule has 1 unspecified atom stereocenters. The molecule has 0 aliphatic heterocycles.